The molecular weight excluding hydrogens is 251 g/mol. The molecule has 0 spiro atoms. The van der Waals surface area contributed by atoms with Gasteiger partial charge in [-0.15, -0.1) is 0 Å². The van der Waals surface area contributed by atoms with Crippen molar-refractivity contribution >= 4 is 17.6 Å². The molecule has 1 amide bonds. The summed E-state index contributed by atoms with van der Waals surface area (Å²) in [5.41, 5.74) is 0.192. The standard InChI is InChI=1S/C13H15FN2O3/c1-8-7-15-10(6-12(17)18)13(19)16(8)11-5-3-2-4-9(11)14/h2-5,8,10,15H,6-7H2,1H3,(H,17,18). The summed E-state index contributed by atoms with van der Waals surface area (Å²) in [7, 11) is 0. The molecule has 5 nitrogen and oxygen atoms in total. The molecule has 1 aliphatic heterocycles. The fourth-order valence-corrected chi connectivity index (χ4v) is 2.21. The van der Waals surface area contributed by atoms with Crippen LogP contribution in [0.1, 0.15) is 13.3 Å². The average Bonchev–Trinajstić information content (AvgIpc) is 2.35. The predicted molar refractivity (Wildman–Crippen MR) is 67.4 cm³/mol. The number of carboxylic acids is 1. The highest BCUT2D eigenvalue weighted by molar-refractivity contribution is 6.00. The lowest BCUT2D eigenvalue weighted by Crippen LogP contribution is -2.60. The van der Waals surface area contributed by atoms with E-state index in [0.29, 0.717) is 6.54 Å². The number of nitrogens with zero attached hydrogens (tertiary/aromatic N) is 1. The molecule has 0 radical (unpaired) electrons. The van der Waals surface area contributed by atoms with Gasteiger partial charge in [0.1, 0.15) is 5.82 Å². The SMILES string of the molecule is CC1CNC(CC(=O)O)C(=O)N1c1ccccc1F. The maximum Gasteiger partial charge on any atom is 0.305 e. The van der Waals surface area contributed by atoms with Crippen molar-refractivity contribution in [1.29, 1.82) is 0 Å². The lowest BCUT2D eigenvalue weighted by molar-refractivity contribution is -0.140. The number of nitrogens with one attached hydrogen (secondary N) is 1. The minimum Gasteiger partial charge on any atom is -0.481 e. The first-order valence-electron chi connectivity index (χ1n) is 6.03. The van der Waals surface area contributed by atoms with E-state index < -0.39 is 23.7 Å². The molecule has 0 saturated carbocycles. The van der Waals surface area contributed by atoms with Gasteiger partial charge in [0.15, 0.2) is 0 Å². The second-order valence-electron chi connectivity index (χ2n) is 4.57. The van der Waals surface area contributed by atoms with Crippen molar-refractivity contribution in [3.05, 3.63) is 30.1 Å². The molecule has 19 heavy (non-hydrogen) atoms. The largest absolute Gasteiger partial charge is 0.481 e. The number of halogens is 1. The van der Waals surface area contributed by atoms with E-state index in [0.717, 1.165) is 0 Å². The van der Waals surface area contributed by atoms with Crippen molar-refractivity contribution in [3.63, 3.8) is 0 Å². The predicted octanol–water partition coefficient (Wildman–Crippen LogP) is 0.994. The zero-order valence-corrected chi connectivity index (χ0v) is 10.5. The molecule has 1 aromatic rings. The number of aliphatic carboxylic acids is 1. The van der Waals surface area contributed by atoms with Gasteiger partial charge < -0.3 is 15.3 Å². The van der Waals surface area contributed by atoms with Crippen LogP contribution in [0.25, 0.3) is 0 Å². The van der Waals surface area contributed by atoms with Gasteiger partial charge in [0, 0.05) is 12.6 Å². The van der Waals surface area contributed by atoms with E-state index >= 15 is 0 Å². The maximum absolute atomic E-state index is 13.8. The van der Waals surface area contributed by atoms with Crippen LogP contribution in [-0.4, -0.2) is 35.6 Å². The van der Waals surface area contributed by atoms with Crippen LogP contribution in [0.5, 0.6) is 0 Å². The van der Waals surface area contributed by atoms with Crippen molar-refractivity contribution in [1.82, 2.24) is 5.32 Å². The second kappa shape index (κ2) is 5.36. The van der Waals surface area contributed by atoms with E-state index in [1.807, 2.05) is 0 Å². The van der Waals surface area contributed by atoms with Gasteiger partial charge in [-0.05, 0) is 19.1 Å². The molecule has 2 unspecified atom stereocenters. The van der Waals surface area contributed by atoms with Gasteiger partial charge in [-0.2, -0.15) is 0 Å². The molecule has 6 heteroatoms. The first-order chi connectivity index (χ1) is 9.00. The number of carbonyl (C=O) groups excluding carboxylic acids is 1. The van der Waals surface area contributed by atoms with Crippen molar-refractivity contribution in [3.8, 4) is 0 Å². The van der Waals surface area contributed by atoms with E-state index in [1.165, 1.54) is 17.0 Å². The molecule has 1 fully saturated rings. The highest BCUT2D eigenvalue weighted by Gasteiger charge is 2.35. The summed E-state index contributed by atoms with van der Waals surface area (Å²) in [4.78, 5) is 24.3. The van der Waals surface area contributed by atoms with E-state index in [4.69, 9.17) is 5.11 Å². The number of anilines is 1. The smallest absolute Gasteiger partial charge is 0.305 e. The van der Waals surface area contributed by atoms with Crippen LogP contribution < -0.4 is 10.2 Å². The molecule has 0 aromatic heterocycles. The highest BCUT2D eigenvalue weighted by Crippen LogP contribution is 2.24. The Morgan fingerprint density at radius 3 is 2.84 bits per heavy atom. The molecule has 0 bridgehead atoms. The topological polar surface area (TPSA) is 69.6 Å². The molecule has 0 aliphatic carbocycles. The van der Waals surface area contributed by atoms with E-state index in [2.05, 4.69) is 5.32 Å². The molecule has 2 atom stereocenters. The number of benzene rings is 1. The van der Waals surface area contributed by atoms with Gasteiger partial charge in [0.2, 0.25) is 5.91 Å². The van der Waals surface area contributed by atoms with E-state index in [1.54, 1.807) is 19.1 Å². The number of amides is 1. The Kier molecular flexibility index (Phi) is 3.80. The Morgan fingerprint density at radius 1 is 1.53 bits per heavy atom. The Labute approximate surface area is 110 Å². The van der Waals surface area contributed by atoms with Crippen molar-refractivity contribution in [2.75, 3.05) is 11.4 Å². The molecule has 2 rings (SSSR count). The van der Waals surface area contributed by atoms with Crippen LogP contribution in [0.2, 0.25) is 0 Å². The Balaban J connectivity index is 2.29. The third kappa shape index (κ3) is 2.73. The van der Waals surface area contributed by atoms with Crippen LogP contribution in [0, 0.1) is 5.82 Å². The number of carboxylic acid groups (broad SMARTS) is 1. The van der Waals surface area contributed by atoms with Crippen LogP contribution >= 0.6 is 0 Å². The molecule has 1 saturated heterocycles. The Morgan fingerprint density at radius 2 is 2.21 bits per heavy atom. The number of hydrogen-bond acceptors (Lipinski definition) is 3. The molecule has 1 aliphatic rings. The maximum atomic E-state index is 13.8. The second-order valence-corrected chi connectivity index (χ2v) is 4.57. The number of carbonyl (C=O) groups is 2. The van der Waals surface area contributed by atoms with Gasteiger partial charge in [-0.25, -0.2) is 4.39 Å². The minimum absolute atomic E-state index is 0.192. The molecule has 1 aromatic carbocycles. The number of hydrogen-bond donors (Lipinski definition) is 2. The van der Waals surface area contributed by atoms with E-state index in [9.17, 15) is 14.0 Å². The van der Waals surface area contributed by atoms with Gasteiger partial charge in [0.25, 0.3) is 0 Å². The van der Waals surface area contributed by atoms with Crippen LogP contribution in [0.15, 0.2) is 24.3 Å². The number of rotatable bonds is 3. The van der Waals surface area contributed by atoms with Crippen molar-refractivity contribution in [2.45, 2.75) is 25.4 Å². The van der Waals surface area contributed by atoms with Crippen LogP contribution in [-0.2, 0) is 9.59 Å². The highest BCUT2D eigenvalue weighted by atomic mass is 19.1. The molecule has 2 N–H and O–H groups in total. The fraction of sp³-hybridized carbons (Fsp3) is 0.385. The quantitative estimate of drug-likeness (QED) is 0.856. The summed E-state index contributed by atoms with van der Waals surface area (Å²) < 4.78 is 13.8. The zero-order valence-electron chi connectivity index (χ0n) is 10.5. The Bertz CT molecular complexity index is 506. The summed E-state index contributed by atoms with van der Waals surface area (Å²) >= 11 is 0. The van der Waals surface area contributed by atoms with E-state index in [-0.39, 0.29) is 18.2 Å². The molecule has 102 valence electrons. The summed E-state index contributed by atoms with van der Waals surface area (Å²) in [6.07, 6.45) is -0.309. The average molecular weight is 266 g/mol. The number of para-hydroxylation sites is 1. The summed E-state index contributed by atoms with van der Waals surface area (Å²) in [5.74, 6) is -1.96. The normalized spacial score (nSPS) is 23.5. The lowest BCUT2D eigenvalue weighted by Gasteiger charge is -2.38. The van der Waals surface area contributed by atoms with Gasteiger partial charge >= 0.3 is 5.97 Å². The lowest BCUT2D eigenvalue weighted by atomic mass is 10.1. The first kappa shape index (κ1) is 13.5. The minimum atomic E-state index is -1.06. The van der Waals surface area contributed by atoms with Gasteiger partial charge in [-0.1, -0.05) is 12.1 Å². The van der Waals surface area contributed by atoms with Gasteiger partial charge in [0.05, 0.1) is 18.2 Å². The van der Waals surface area contributed by atoms with Crippen molar-refractivity contribution in [2.24, 2.45) is 0 Å². The molecule has 1 heterocycles. The van der Waals surface area contributed by atoms with Crippen molar-refractivity contribution < 1.29 is 19.1 Å². The zero-order chi connectivity index (χ0) is 14.0. The van der Waals surface area contributed by atoms with Gasteiger partial charge in [-0.3, -0.25) is 9.59 Å². The summed E-state index contributed by atoms with van der Waals surface area (Å²) in [6.45, 7) is 2.21. The third-order valence-corrected chi connectivity index (χ3v) is 3.13. The van der Waals surface area contributed by atoms with Crippen LogP contribution in [0.3, 0.4) is 0 Å². The first-order valence-corrected chi connectivity index (χ1v) is 6.03. The fourth-order valence-electron chi connectivity index (χ4n) is 2.21. The Hall–Kier alpha value is -1.95. The third-order valence-electron chi connectivity index (χ3n) is 3.13. The van der Waals surface area contributed by atoms with Crippen LogP contribution in [0.4, 0.5) is 10.1 Å². The summed E-state index contributed by atoms with van der Waals surface area (Å²) in [6, 6.07) is 4.95. The number of piperazine rings is 1. The summed E-state index contributed by atoms with van der Waals surface area (Å²) in [5, 5.41) is 11.7. The molecular formula is C13H15FN2O3. The monoisotopic (exact) mass is 266 g/mol.